The van der Waals surface area contributed by atoms with Gasteiger partial charge in [0.05, 0.1) is 11.4 Å². The minimum absolute atomic E-state index is 0.866. The normalized spacial score (nSPS) is 11.3. The largest absolute Gasteiger partial charge is 0.256 e. The fourth-order valence-electron chi connectivity index (χ4n) is 3.22. The maximum absolute atomic E-state index is 4.63. The van der Waals surface area contributed by atoms with Crippen LogP contribution >= 0.6 is 0 Å². The predicted molar refractivity (Wildman–Crippen MR) is 122 cm³/mol. The molecule has 140 valence electrons. The number of pyridine rings is 2. The summed E-state index contributed by atoms with van der Waals surface area (Å²) in [5, 5.41) is 0. The average Bonchev–Trinajstić information content (AvgIpc) is 2.80. The predicted octanol–water partition coefficient (Wildman–Crippen LogP) is 6.93. The highest BCUT2D eigenvalue weighted by atomic mass is 14.7. The molecule has 0 spiro atoms. The minimum Gasteiger partial charge on any atom is -0.256 e. The third-order valence-corrected chi connectivity index (χ3v) is 4.86. The lowest BCUT2D eigenvalue weighted by Gasteiger charge is -2.07. The Labute approximate surface area is 171 Å². The quantitative estimate of drug-likeness (QED) is 0.354. The van der Waals surface area contributed by atoms with Gasteiger partial charge in [-0.25, -0.2) is 0 Å². The number of allylic oxidation sites excluding steroid dienone is 3. The SMILES string of the molecule is C=C(/C=C(\C)c1ccc(-c2ccccc2)cn1)c1ccc(-c2ccccc2)cn1. The Bertz CT molecular complexity index is 1120. The topological polar surface area (TPSA) is 25.8 Å². The molecule has 0 saturated heterocycles. The lowest BCUT2D eigenvalue weighted by atomic mass is 10.0. The van der Waals surface area contributed by atoms with E-state index in [9.17, 15) is 0 Å². The molecule has 0 N–H and O–H groups in total. The molecule has 0 aliphatic carbocycles. The van der Waals surface area contributed by atoms with Gasteiger partial charge in [0.2, 0.25) is 0 Å². The Kier molecular flexibility index (Phi) is 5.44. The highest BCUT2D eigenvalue weighted by Gasteiger charge is 2.04. The van der Waals surface area contributed by atoms with Gasteiger partial charge in [-0.3, -0.25) is 9.97 Å². The van der Waals surface area contributed by atoms with Crippen LogP contribution in [0.25, 0.3) is 33.4 Å². The summed E-state index contributed by atoms with van der Waals surface area (Å²) in [6.07, 6.45) is 5.85. The first-order valence-electron chi connectivity index (χ1n) is 9.61. The van der Waals surface area contributed by atoms with Crippen molar-refractivity contribution < 1.29 is 0 Å². The molecule has 0 amide bonds. The van der Waals surface area contributed by atoms with Crippen LogP contribution in [0.5, 0.6) is 0 Å². The van der Waals surface area contributed by atoms with E-state index < -0.39 is 0 Å². The van der Waals surface area contributed by atoms with Gasteiger partial charge in [-0.2, -0.15) is 0 Å². The smallest absolute Gasteiger partial charge is 0.0696 e. The van der Waals surface area contributed by atoms with Gasteiger partial charge in [-0.1, -0.05) is 79.4 Å². The van der Waals surface area contributed by atoms with Crippen molar-refractivity contribution in [1.29, 1.82) is 0 Å². The first kappa shape index (κ1) is 18.6. The number of benzene rings is 2. The van der Waals surface area contributed by atoms with Crippen LogP contribution < -0.4 is 0 Å². The van der Waals surface area contributed by atoms with Gasteiger partial charge in [0.1, 0.15) is 0 Å². The number of aromatic nitrogens is 2. The summed E-state index contributed by atoms with van der Waals surface area (Å²) in [7, 11) is 0. The van der Waals surface area contributed by atoms with Crippen LogP contribution in [0.2, 0.25) is 0 Å². The van der Waals surface area contributed by atoms with E-state index in [0.29, 0.717) is 0 Å². The third-order valence-electron chi connectivity index (χ3n) is 4.86. The van der Waals surface area contributed by atoms with Gasteiger partial charge >= 0.3 is 0 Å². The van der Waals surface area contributed by atoms with Crippen LogP contribution in [0.3, 0.4) is 0 Å². The number of nitrogens with zero attached hydrogens (tertiary/aromatic N) is 2. The maximum Gasteiger partial charge on any atom is 0.0696 e. The average molecular weight is 374 g/mol. The Balaban J connectivity index is 1.50. The van der Waals surface area contributed by atoms with E-state index >= 15 is 0 Å². The molecule has 0 aliphatic heterocycles. The van der Waals surface area contributed by atoms with Gasteiger partial charge in [-0.05, 0) is 47.4 Å². The summed E-state index contributed by atoms with van der Waals surface area (Å²) >= 11 is 0. The molecule has 0 unspecified atom stereocenters. The molecule has 4 rings (SSSR count). The molecule has 0 saturated carbocycles. The zero-order chi connectivity index (χ0) is 20.1. The summed E-state index contributed by atoms with van der Waals surface area (Å²) in [5.74, 6) is 0. The van der Waals surface area contributed by atoms with Crippen molar-refractivity contribution in [3.63, 3.8) is 0 Å². The summed E-state index contributed by atoms with van der Waals surface area (Å²) in [6.45, 7) is 6.24. The van der Waals surface area contributed by atoms with Gasteiger partial charge < -0.3 is 0 Å². The molecule has 2 aromatic carbocycles. The second-order valence-electron chi connectivity index (χ2n) is 6.95. The first-order valence-corrected chi connectivity index (χ1v) is 9.61. The Morgan fingerprint density at radius 3 is 1.55 bits per heavy atom. The van der Waals surface area contributed by atoms with E-state index in [1.807, 2.05) is 73.9 Å². The van der Waals surface area contributed by atoms with Crippen LogP contribution in [0, 0.1) is 0 Å². The molecule has 0 aliphatic rings. The third kappa shape index (κ3) is 4.39. The van der Waals surface area contributed by atoms with Crippen LogP contribution in [-0.4, -0.2) is 9.97 Å². The molecule has 0 bridgehead atoms. The molecule has 2 heterocycles. The molecule has 2 nitrogen and oxygen atoms in total. The van der Waals surface area contributed by atoms with Crippen LogP contribution in [0.4, 0.5) is 0 Å². The van der Waals surface area contributed by atoms with E-state index in [2.05, 4.69) is 52.9 Å². The zero-order valence-corrected chi connectivity index (χ0v) is 16.4. The molecular weight excluding hydrogens is 352 g/mol. The molecule has 2 aromatic heterocycles. The standard InChI is InChI=1S/C27H22N2/c1-20(26-15-13-24(18-28-26)22-9-5-3-6-10-22)17-21(2)27-16-14-25(19-29-27)23-11-7-4-8-12-23/h3-19H,1H2,2H3/b21-17+. The van der Waals surface area contributed by atoms with Crippen molar-refractivity contribution in [3.05, 3.63) is 121 Å². The highest BCUT2D eigenvalue weighted by Crippen LogP contribution is 2.24. The number of hydrogen-bond donors (Lipinski definition) is 0. The van der Waals surface area contributed by atoms with Gasteiger partial charge in [0.25, 0.3) is 0 Å². The maximum atomic E-state index is 4.63. The van der Waals surface area contributed by atoms with Crippen molar-refractivity contribution in [2.24, 2.45) is 0 Å². The number of hydrogen-bond acceptors (Lipinski definition) is 2. The Morgan fingerprint density at radius 1 is 0.621 bits per heavy atom. The van der Waals surface area contributed by atoms with Gasteiger partial charge in [-0.15, -0.1) is 0 Å². The molecule has 29 heavy (non-hydrogen) atoms. The minimum atomic E-state index is 0.866. The van der Waals surface area contributed by atoms with Crippen molar-refractivity contribution in [1.82, 2.24) is 9.97 Å². The monoisotopic (exact) mass is 374 g/mol. The van der Waals surface area contributed by atoms with E-state index in [0.717, 1.165) is 39.2 Å². The summed E-state index contributed by atoms with van der Waals surface area (Å²) in [5.41, 5.74) is 8.27. The van der Waals surface area contributed by atoms with Crippen LogP contribution in [0.1, 0.15) is 18.3 Å². The van der Waals surface area contributed by atoms with Crippen molar-refractivity contribution in [3.8, 4) is 22.3 Å². The zero-order valence-electron chi connectivity index (χ0n) is 16.4. The summed E-state index contributed by atoms with van der Waals surface area (Å²) < 4.78 is 0. The molecule has 0 atom stereocenters. The van der Waals surface area contributed by atoms with Crippen LogP contribution in [0.15, 0.2) is 110 Å². The fraction of sp³-hybridized carbons (Fsp3) is 0.0370. The molecule has 2 heteroatoms. The molecule has 0 fully saturated rings. The van der Waals surface area contributed by atoms with E-state index in [1.165, 1.54) is 5.56 Å². The summed E-state index contributed by atoms with van der Waals surface area (Å²) in [4.78, 5) is 9.22. The van der Waals surface area contributed by atoms with Crippen molar-refractivity contribution in [2.45, 2.75) is 6.92 Å². The highest BCUT2D eigenvalue weighted by molar-refractivity contribution is 5.80. The lowest BCUT2D eigenvalue weighted by Crippen LogP contribution is -1.90. The van der Waals surface area contributed by atoms with E-state index in [1.54, 1.807) is 0 Å². The van der Waals surface area contributed by atoms with Crippen molar-refractivity contribution >= 4 is 11.1 Å². The second-order valence-corrected chi connectivity index (χ2v) is 6.95. The van der Waals surface area contributed by atoms with Crippen molar-refractivity contribution in [2.75, 3.05) is 0 Å². The Morgan fingerprint density at radius 2 is 1.10 bits per heavy atom. The molecular formula is C27H22N2. The first-order chi connectivity index (χ1) is 14.2. The molecule has 4 aromatic rings. The molecule has 0 radical (unpaired) electrons. The van der Waals surface area contributed by atoms with Crippen LogP contribution in [-0.2, 0) is 0 Å². The van der Waals surface area contributed by atoms with E-state index in [4.69, 9.17) is 0 Å². The van der Waals surface area contributed by atoms with Gasteiger partial charge in [0, 0.05) is 23.5 Å². The fourth-order valence-corrected chi connectivity index (χ4v) is 3.22. The second kappa shape index (κ2) is 8.49. The van der Waals surface area contributed by atoms with Gasteiger partial charge in [0.15, 0.2) is 0 Å². The number of rotatable bonds is 5. The Hall–Kier alpha value is -3.78. The lowest BCUT2D eigenvalue weighted by molar-refractivity contribution is 1.26. The summed E-state index contributed by atoms with van der Waals surface area (Å²) in [6, 6.07) is 28.8. The van der Waals surface area contributed by atoms with E-state index in [-0.39, 0.29) is 0 Å².